The Labute approximate surface area is 119 Å². The van der Waals surface area contributed by atoms with Crippen LogP contribution in [0.15, 0.2) is 54.1 Å². The van der Waals surface area contributed by atoms with Gasteiger partial charge in [0, 0.05) is 0 Å². The number of benzene rings is 1. The molecule has 0 N–H and O–H groups in total. The monoisotopic (exact) mass is 256 g/mol. The first-order valence-corrected chi connectivity index (χ1v) is 7.38. The molecular weight excluding hydrogens is 228 g/mol. The van der Waals surface area contributed by atoms with E-state index in [2.05, 4.69) is 62.4 Å². The van der Waals surface area contributed by atoms with Crippen molar-refractivity contribution < 1.29 is 0 Å². The van der Waals surface area contributed by atoms with Gasteiger partial charge in [-0.1, -0.05) is 81.8 Å². The Hall–Kier alpha value is -1.56. The van der Waals surface area contributed by atoms with Crippen molar-refractivity contribution in [2.45, 2.75) is 48.0 Å². The molecule has 1 aliphatic rings. The summed E-state index contributed by atoms with van der Waals surface area (Å²) in [7, 11) is 0. The quantitative estimate of drug-likeness (QED) is 0.550. The van der Waals surface area contributed by atoms with Crippen LogP contribution in [0.25, 0.3) is 5.57 Å². The van der Waals surface area contributed by atoms with Crippen LogP contribution in [0.5, 0.6) is 0 Å². The molecule has 0 atom stereocenters. The predicted octanol–water partition coefficient (Wildman–Crippen LogP) is 6.34. The molecule has 0 bridgehead atoms. The Balaban J connectivity index is 0.000000741. The Bertz CT molecular complexity index is 428. The molecule has 0 spiro atoms. The van der Waals surface area contributed by atoms with Crippen LogP contribution < -0.4 is 0 Å². The zero-order chi connectivity index (χ0) is 14.7. The van der Waals surface area contributed by atoms with E-state index in [0.29, 0.717) is 0 Å². The van der Waals surface area contributed by atoms with Crippen molar-refractivity contribution >= 4 is 5.57 Å². The van der Waals surface area contributed by atoms with E-state index in [1.165, 1.54) is 22.3 Å². The molecule has 0 unspecified atom stereocenters. The topological polar surface area (TPSA) is 0 Å². The number of hydrogen-bond acceptors (Lipinski definition) is 0. The van der Waals surface area contributed by atoms with Crippen LogP contribution in [-0.4, -0.2) is 0 Å². The summed E-state index contributed by atoms with van der Waals surface area (Å²) >= 11 is 0. The third-order valence-electron chi connectivity index (χ3n) is 2.73. The van der Waals surface area contributed by atoms with Crippen LogP contribution in [-0.2, 0) is 0 Å². The average molecular weight is 256 g/mol. The van der Waals surface area contributed by atoms with Crippen molar-refractivity contribution in [3.8, 4) is 0 Å². The summed E-state index contributed by atoms with van der Waals surface area (Å²) in [6, 6.07) is 8.73. The molecule has 104 valence electrons. The second kappa shape index (κ2) is 10.4. The maximum absolute atomic E-state index is 2.29. The lowest BCUT2D eigenvalue weighted by molar-refractivity contribution is 1.38. The lowest BCUT2D eigenvalue weighted by atomic mass is 9.98. The predicted molar refractivity (Wildman–Crippen MR) is 89.4 cm³/mol. The highest BCUT2D eigenvalue weighted by molar-refractivity contribution is 5.79. The summed E-state index contributed by atoms with van der Waals surface area (Å²) in [5.74, 6) is 0. The van der Waals surface area contributed by atoms with Crippen LogP contribution >= 0.6 is 0 Å². The van der Waals surface area contributed by atoms with Crippen molar-refractivity contribution in [2.24, 2.45) is 0 Å². The highest BCUT2D eigenvalue weighted by Crippen LogP contribution is 2.25. The molecule has 0 nitrogen and oxygen atoms in total. The molecule has 0 saturated heterocycles. The van der Waals surface area contributed by atoms with E-state index in [4.69, 9.17) is 0 Å². The number of rotatable bonds is 1. The molecule has 0 saturated carbocycles. The van der Waals surface area contributed by atoms with Gasteiger partial charge in [0.1, 0.15) is 0 Å². The highest BCUT2D eigenvalue weighted by atomic mass is 14.1. The van der Waals surface area contributed by atoms with Crippen molar-refractivity contribution in [2.75, 3.05) is 0 Å². The number of hydrogen-bond donors (Lipinski definition) is 0. The Morgan fingerprint density at radius 2 is 1.42 bits per heavy atom. The second-order valence-electron chi connectivity index (χ2n) is 4.00. The maximum atomic E-state index is 2.29. The van der Waals surface area contributed by atoms with Crippen molar-refractivity contribution in [1.82, 2.24) is 0 Å². The second-order valence-corrected chi connectivity index (χ2v) is 4.00. The molecular formula is C19H28. The molecule has 0 fully saturated rings. The minimum absolute atomic E-state index is 1.02. The standard InChI is InChI=1S/C15H16.2C2H6/c1-12-8-10-14(11-9-12)15-7-5-3-4-6-13(15)2;2*1-2/h3-4,6-11H,5H2,1-2H3;2*1-2H3. The summed E-state index contributed by atoms with van der Waals surface area (Å²) in [5, 5.41) is 0. The highest BCUT2D eigenvalue weighted by Gasteiger charge is 2.03. The van der Waals surface area contributed by atoms with Crippen molar-refractivity contribution in [3.63, 3.8) is 0 Å². The summed E-state index contributed by atoms with van der Waals surface area (Å²) in [4.78, 5) is 0. The van der Waals surface area contributed by atoms with Crippen LogP contribution in [0.1, 0.15) is 52.2 Å². The van der Waals surface area contributed by atoms with Crippen molar-refractivity contribution in [1.29, 1.82) is 0 Å². The van der Waals surface area contributed by atoms with Gasteiger partial charge in [0.05, 0.1) is 0 Å². The molecule has 1 aromatic carbocycles. The Morgan fingerprint density at radius 1 is 0.842 bits per heavy atom. The fraction of sp³-hybridized carbons (Fsp3) is 0.368. The summed E-state index contributed by atoms with van der Waals surface area (Å²) in [5.41, 5.74) is 5.33. The van der Waals surface area contributed by atoms with Gasteiger partial charge in [0.25, 0.3) is 0 Å². The van der Waals surface area contributed by atoms with E-state index in [1.54, 1.807) is 0 Å². The maximum Gasteiger partial charge on any atom is -0.0157 e. The van der Waals surface area contributed by atoms with Crippen LogP contribution in [0.3, 0.4) is 0 Å². The van der Waals surface area contributed by atoms with Gasteiger partial charge in [-0.2, -0.15) is 0 Å². The van der Waals surface area contributed by atoms with E-state index in [0.717, 1.165) is 6.42 Å². The van der Waals surface area contributed by atoms with E-state index < -0.39 is 0 Å². The lowest BCUT2D eigenvalue weighted by Crippen LogP contribution is -1.86. The van der Waals surface area contributed by atoms with Gasteiger partial charge in [-0.05, 0) is 37.0 Å². The van der Waals surface area contributed by atoms with Gasteiger partial charge in [-0.25, -0.2) is 0 Å². The minimum atomic E-state index is 1.02. The first-order chi connectivity index (χ1) is 9.27. The molecule has 2 rings (SSSR count). The molecule has 0 radical (unpaired) electrons. The molecule has 19 heavy (non-hydrogen) atoms. The molecule has 1 aromatic rings. The van der Waals surface area contributed by atoms with E-state index in [1.807, 2.05) is 27.7 Å². The first-order valence-electron chi connectivity index (χ1n) is 7.38. The lowest BCUT2D eigenvalue weighted by Gasteiger charge is -2.07. The third kappa shape index (κ3) is 5.74. The fourth-order valence-corrected chi connectivity index (χ4v) is 1.81. The third-order valence-corrected chi connectivity index (χ3v) is 2.73. The van der Waals surface area contributed by atoms with Gasteiger partial charge < -0.3 is 0 Å². The van der Waals surface area contributed by atoms with Gasteiger partial charge >= 0.3 is 0 Å². The zero-order valence-electron chi connectivity index (χ0n) is 13.3. The molecule has 1 aliphatic carbocycles. The Morgan fingerprint density at radius 3 is 2.00 bits per heavy atom. The molecule has 0 heteroatoms. The number of allylic oxidation sites excluding steroid dienone is 6. The molecule has 0 amide bonds. The number of aryl methyl sites for hydroxylation is 1. The summed E-state index contributed by atoms with van der Waals surface area (Å²) in [6.45, 7) is 12.3. The zero-order valence-corrected chi connectivity index (χ0v) is 13.3. The average Bonchev–Trinajstić information content (AvgIpc) is 2.69. The molecule has 0 aliphatic heterocycles. The Kier molecular flexibility index (Phi) is 9.52. The largest absolute Gasteiger partial charge is 0.0807 e. The van der Waals surface area contributed by atoms with Gasteiger partial charge in [0.2, 0.25) is 0 Å². The van der Waals surface area contributed by atoms with Gasteiger partial charge in [0.15, 0.2) is 0 Å². The SMILES string of the molecule is CC.CC.CC1=CC=CCC=C1c1ccc(C)cc1. The molecule has 0 aromatic heterocycles. The smallest absolute Gasteiger partial charge is 0.0157 e. The normalized spacial score (nSPS) is 12.9. The van der Waals surface area contributed by atoms with Crippen LogP contribution in [0.2, 0.25) is 0 Å². The minimum Gasteiger partial charge on any atom is -0.0807 e. The van der Waals surface area contributed by atoms with E-state index in [-0.39, 0.29) is 0 Å². The van der Waals surface area contributed by atoms with Crippen LogP contribution in [0.4, 0.5) is 0 Å². The fourth-order valence-electron chi connectivity index (χ4n) is 1.81. The van der Waals surface area contributed by atoms with E-state index >= 15 is 0 Å². The van der Waals surface area contributed by atoms with Crippen LogP contribution in [0, 0.1) is 6.92 Å². The first kappa shape index (κ1) is 17.4. The summed E-state index contributed by atoms with van der Waals surface area (Å²) < 4.78 is 0. The summed E-state index contributed by atoms with van der Waals surface area (Å²) in [6.07, 6.45) is 9.81. The van der Waals surface area contributed by atoms with Gasteiger partial charge in [-0.3, -0.25) is 0 Å². The van der Waals surface area contributed by atoms with Gasteiger partial charge in [-0.15, -0.1) is 0 Å². The van der Waals surface area contributed by atoms with Crippen molar-refractivity contribution in [3.05, 3.63) is 65.3 Å². The van der Waals surface area contributed by atoms with E-state index in [9.17, 15) is 0 Å². The molecule has 0 heterocycles.